The second-order valence-corrected chi connectivity index (χ2v) is 10.7. The molecule has 0 fully saturated rings. The molecule has 1 heterocycles. The third-order valence-electron chi connectivity index (χ3n) is 6.28. The predicted octanol–water partition coefficient (Wildman–Crippen LogP) is 7.25. The van der Waals surface area contributed by atoms with Gasteiger partial charge in [0.2, 0.25) is 0 Å². The van der Waals surface area contributed by atoms with Crippen molar-refractivity contribution >= 4 is 61.4 Å². The first-order valence-electron chi connectivity index (χ1n) is 12.3. The van der Waals surface area contributed by atoms with Gasteiger partial charge in [0.1, 0.15) is 0 Å². The number of thioether (sulfide) groups is 1. The lowest BCUT2D eigenvalue weighted by atomic mass is 9.97. The molecule has 1 amide bonds. The molecule has 0 aliphatic heterocycles. The topological polar surface area (TPSA) is 72.2 Å². The summed E-state index contributed by atoms with van der Waals surface area (Å²) in [6.45, 7) is 0. The second kappa shape index (κ2) is 11.2. The number of aromatic nitrogens is 3. The zero-order chi connectivity index (χ0) is 26.6. The minimum absolute atomic E-state index is 0.138. The van der Waals surface area contributed by atoms with Crippen LogP contribution in [-0.4, -0.2) is 32.6 Å². The summed E-state index contributed by atoms with van der Waals surface area (Å²) in [7, 11) is 0. The average Bonchev–Trinajstić information content (AvgIpc) is 3.40. The number of carbonyl (C=O) groups excluding carboxylic acids is 1. The molecule has 0 unspecified atom stereocenters. The van der Waals surface area contributed by atoms with Crippen molar-refractivity contribution in [1.29, 1.82) is 0 Å². The van der Waals surface area contributed by atoms with Crippen LogP contribution in [0.2, 0.25) is 0 Å². The van der Waals surface area contributed by atoms with Gasteiger partial charge in [0.25, 0.3) is 5.91 Å². The molecule has 0 bridgehead atoms. The molecule has 6 rings (SSSR count). The van der Waals surface area contributed by atoms with Crippen molar-refractivity contribution in [1.82, 2.24) is 20.2 Å². The summed E-state index contributed by atoms with van der Waals surface area (Å²) in [5.74, 6) is 0.616. The van der Waals surface area contributed by atoms with Crippen LogP contribution in [0.4, 0.5) is 0 Å². The first-order valence-corrected chi connectivity index (χ1v) is 14.1. The number of nitrogens with one attached hydrogen (secondary N) is 1. The van der Waals surface area contributed by atoms with Crippen LogP contribution in [-0.2, 0) is 4.79 Å². The lowest BCUT2D eigenvalue weighted by molar-refractivity contribution is -0.118. The SMILES string of the molecule is O=C(CSc1nnc(-c2ccc(Br)cc2)n1-c1ccccc1)NN=Cc1c2ccccc2cc2ccccc12. The first kappa shape index (κ1) is 25.0. The summed E-state index contributed by atoms with van der Waals surface area (Å²) in [6.07, 6.45) is 1.73. The number of carbonyl (C=O) groups is 1. The molecule has 0 spiro atoms. The highest BCUT2D eigenvalue weighted by molar-refractivity contribution is 9.10. The van der Waals surface area contributed by atoms with E-state index in [1.165, 1.54) is 11.8 Å². The number of halogens is 1. The van der Waals surface area contributed by atoms with Crippen LogP contribution in [0.1, 0.15) is 5.56 Å². The average molecular weight is 593 g/mol. The Balaban J connectivity index is 1.22. The predicted molar refractivity (Wildman–Crippen MR) is 162 cm³/mol. The van der Waals surface area contributed by atoms with Crippen molar-refractivity contribution in [2.75, 3.05) is 5.75 Å². The number of benzene rings is 5. The van der Waals surface area contributed by atoms with E-state index in [0.717, 1.165) is 42.8 Å². The summed E-state index contributed by atoms with van der Waals surface area (Å²) in [5, 5.41) is 18.2. The maximum Gasteiger partial charge on any atom is 0.250 e. The van der Waals surface area contributed by atoms with Crippen molar-refractivity contribution in [3.63, 3.8) is 0 Å². The molecule has 1 aromatic heterocycles. The van der Waals surface area contributed by atoms with Crippen LogP contribution >= 0.6 is 27.7 Å². The fourth-order valence-corrected chi connectivity index (χ4v) is 5.49. The maximum absolute atomic E-state index is 12.8. The molecule has 6 nitrogen and oxygen atoms in total. The molecule has 0 saturated heterocycles. The van der Waals surface area contributed by atoms with Crippen LogP contribution in [0, 0.1) is 0 Å². The van der Waals surface area contributed by atoms with E-state index in [1.807, 2.05) is 83.4 Å². The third-order valence-corrected chi connectivity index (χ3v) is 7.74. The molecule has 0 saturated carbocycles. The Morgan fingerprint density at radius 2 is 1.49 bits per heavy atom. The molecular weight excluding hydrogens is 570 g/mol. The number of hydrogen-bond donors (Lipinski definition) is 1. The number of fused-ring (bicyclic) bond motifs is 2. The number of rotatable bonds is 7. The van der Waals surface area contributed by atoms with Gasteiger partial charge in [-0.3, -0.25) is 9.36 Å². The van der Waals surface area contributed by atoms with E-state index in [4.69, 9.17) is 0 Å². The molecule has 1 N–H and O–H groups in total. The number of para-hydroxylation sites is 1. The van der Waals surface area contributed by atoms with Crippen LogP contribution in [0.25, 0.3) is 38.6 Å². The summed E-state index contributed by atoms with van der Waals surface area (Å²) >= 11 is 4.80. The number of hydrogen-bond acceptors (Lipinski definition) is 5. The van der Waals surface area contributed by atoms with Gasteiger partial charge in [-0.2, -0.15) is 5.10 Å². The summed E-state index contributed by atoms with van der Waals surface area (Å²) < 4.78 is 2.95. The van der Waals surface area contributed by atoms with Crippen molar-refractivity contribution in [2.45, 2.75) is 5.16 Å². The minimum atomic E-state index is -0.228. The molecule has 8 heteroatoms. The zero-order valence-electron chi connectivity index (χ0n) is 20.7. The van der Waals surface area contributed by atoms with E-state index in [9.17, 15) is 4.79 Å². The molecule has 39 heavy (non-hydrogen) atoms. The summed E-state index contributed by atoms with van der Waals surface area (Å²) in [5.41, 5.74) is 5.50. The highest BCUT2D eigenvalue weighted by Crippen LogP contribution is 2.29. The lowest BCUT2D eigenvalue weighted by Gasteiger charge is -2.10. The van der Waals surface area contributed by atoms with Crippen molar-refractivity contribution in [2.24, 2.45) is 5.10 Å². The number of hydrazone groups is 1. The van der Waals surface area contributed by atoms with Gasteiger partial charge in [0.15, 0.2) is 11.0 Å². The Bertz CT molecular complexity index is 1760. The van der Waals surface area contributed by atoms with Gasteiger partial charge in [-0.1, -0.05) is 107 Å². The quantitative estimate of drug-likeness (QED) is 0.0918. The Hall–Kier alpha value is -4.27. The van der Waals surface area contributed by atoms with Gasteiger partial charge in [-0.05, 0) is 51.9 Å². The van der Waals surface area contributed by atoms with Gasteiger partial charge in [-0.15, -0.1) is 10.2 Å². The Labute approximate surface area is 237 Å². The normalized spacial score (nSPS) is 11.4. The van der Waals surface area contributed by atoms with E-state index in [2.05, 4.69) is 67.0 Å². The molecule has 5 aromatic carbocycles. The monoisotopic (exact) mass is 591 g/mol. The largest absolute Gasteiger partial charge is 0.272 e. The standard InChI is InChI=1S/C31H22BrN5OS/c32-24-16-14-21(15-17-24)30-35-36-31(37(30)25-10-2-1-3-11-25)39-20-29(38)34-33-19-28-26-12-6-4-8-22(26)18-23-9-5-7-13-27(23)28/h1-19H,20H2,(H,34,38). The van der Waals surface area contributed by atoms with Gasteiger partial charge in [0.05, 0.1) is 12.0 Å². The molecular formula is C31H22BrN5OS. The van der Waals surface area contributed by atoms with Crippen LogP contribution in [0.15, 0.2) is 124 Å². The smallest absolute Gasteiger partial charge is 0.250 e. The van der Waals surface area contributed by atoms with Crippen molar-refractivity contribution in [3.05, 3.63) is 119 Å². The molecule has 0 radical (unpaired) electrons. The van der Waals surface area contributed by atoms with Gasteiger partial charge < -0.3 is 0 Å². The van der Waals surface area contributed by atoms with Crippen LogP contribution in [0.3, 0.4) is 0 Å². The Morgan fingerprint density at radius 1 is 0.846 bits per heavy atom. The van der Waals surface area contributed by atoms with E-state index in [0.29, 0.717) is 11.0 Å². The van der Waals surface area contributed by atoms with Gasteiger partial charge in [-0.25, -0.2) is 5.43 Å². The molecule has 0 aliphatic carbocycles. The Morgan fingerprint density at radius 3 is 2.18 bits per heavy atom. The summed E-state index contributed by atoms with van der Waals surface area (Å²) in [4.78, 5) is 12.8. The van der Waals surface area contributed by atoms with E-state index in [-0.39, 0.29) is 11.7 Å². The third kappa shape index (κ3) is 5.34. The van der Waals surface area contributed by atoms with Crippen LogP contribution in [0.5, 0.6) is 0 Å². The Kier molecular flexibility index (Phi) is 7.21. The van der Waals surface area contributed by atoms with Crippen molar-refractivity contribution < 1.29 is 4.79 Å². The molecule has 6 aromatic rings. The fraction of sp³-hybridized carbons (Fsp3) is 0.0323. The molecule has 0 atom stereocenters. The van der Waals surface area contributed by atoms with E-state index in [1.54, 1.807) is 6.21 Å². The zero-order valence-corrected chi connectivity index (χ0v) is 23.1. The van der Waals surface area contributed by atoms with Crippen molar-refractivity contribution in [3.8, 4) is 17.1 Å². The lowest BCUT2D eigenvalue weighted by Crippen LogP contribution is -2.20. The fourth-order valence-electron chi connectivity index (χ4n) is 4.48. The van der Waals surface area contributed by atoms with E-state index < -0.39 is 0 Å². The first-order chi connectivity index (χ1) is 19.2. The highest BCUT2D eigenvalue weighted by atomic mass is 79.9. The van der Waals surface area contributed by atoms with Gasteiger partial charge >= 0.3 is 0 Å². The molecule has 190 valence electrons. The van der Waals surface area contributed by atoms with Gasteiger partial charge in [0, 0.05) is 21.3 Å². The minimum Gasteiger partial charge on any atom is -0.272 e. The summed E-state index contributed by atoms with van der Waals surface area (Å²) in [6, 6.07) is 36.3. The number of amides is 1. The highest BCUT2D eigenvalue weighted by Gasteiger charge is 2.17. The van der Waals surface area contributed by atoms with E-state index >= 15 is 0 Å². The maximum atomic E-state index is 12.8. The molecule has 0 aliphatic rings. The number of nitrogens with zero attached hydrogens (tertiary/aromatic N) is 4. The second-order valence-electron chi connectivity index (χ2n) is 8.80. The van der Waals surface area contributed by atoms with Crippen LogP contribution < -0.4 is 5.43 Å².